The van der Waals surface area contributed by atoms with Crippen molar-refractivity contribution >= 4 is 0 Å². The van der Waals surface area contributed by atoms with Gasteiger partial charge in [0, 0.05) is 29.2 Å². The van der Waals surface area contributed by atoms with Crippen molar-refractivity contribution in [1.82, 2.24) is 44.7 Å². The van der Waals surface area contributed by atoms with Crippen LogP contribution in [0, 0.1) is 0 Å². The molecule has 11 nitrogen and oxygen atoms in total. The fourth-order valence-corrected chi connectivity index (χ4v) is 4.66. The number of hydrogen-bond donors (Lipinski definition) is 0. The summed E-state index contributed by atoms with van der Waals surface area (Å²) < 4.78 is 8.64. The highest BCUT2D eigenvalue weighted by Gasteiger charge is 2.22. The molecule has 0 amide bonds. The van der Waals surface area contributed by atoms with Gasteiger partial charge >= 0.3 is 0 Å². The quantitative estimate of drug-likeness (QED) is 0.233. The molecule has 0 aliphatic heterocycles. The number of unbranched alkanes of at least 4 members (excludes halogenated alkanes) is 1. The van der Waals surface area contributed by atoms with Gasteiger partial charge in [0.05, 0.1) is 36.1 Å². The lowest BCUT2D eigenvalue weighted by Gasteiger charge is -2.18. The van der Waals surface area contributed by atoms with E-state index < -0.39 is 0 Å². The van der Waals surface area contributed by atoms with Gasteiger partial charge in [-0.3, -0.25) is 9.78 Å². The summed E-state index contributed by atoms with van der Waals surface area (Å²) in [5.74, 6) is 1.43. The number of nitrogens with zero attached hydrogens (tertiary/aromatic N) is 9. The topological polar surface area (TPSA) is 126 Å². The molecule has 0 unspecified atom stereocenters. The molecule has 210 valence electrons. The molecule has 0 radical (unpaired) electrons. The number of hydrogen-bond acceptors (Lipinski definition) is 9. The maximum Gasteiger partial charge on any atom is 0.264 e. The van der Waals surface area contributed by atoms with Crippen molar-refractivity contribution in [2.45, 2.75) is 59.3 Å². The van der Waals surface area contributed by atoms with E-state index in [1.807, 2.05) is 63.2 Å². The normalized spacial score (nSPS) is 11.2. The van der Waals surface area contributed by atoms with E-state index >= 15 is 0 Å². The first-order chi connectivity index (χ1) is 20.0. The second-order valence-corrected chi connectivity index (χ2v) is 9.91. The standard InChI is InChI=1S/C30H33N9O2/c1-5-7-13-26-24(29(40)39(28(35-26)20(3)4)30-31-17-22(18-32-30)41-6-2)16-21-11-10-14-25(34-21)23-12-8-9-15-27(23)38-19-33-36-37-38/h8-12,14-15,17-20H,5-7,13,16H2,1-4H3. The molecular weight excluding hydrogens is 518 g/mol. The number of ether oxygens (including phenoxy) is 1. The third-order valence-electron chi connectivity index (χ3n) is 6.64. The summed E-state index contributed by atoms with van der Waals surface area (Å²) in [5.41, 5.74) is 4.40. The Morgan fingerprint density at radius 3 is 2.49 bits per heavy atom. The Balaban J connectivity index is 1.60. The molecule has 1 aromatic carbocycles. The molecule has 41 heavy (non-hydrogen) atoms. The molecule has 0 saturated carbocycles. The predicted molar refractivity (Wildman–Crippen MR) is 154 cm³/mol. The lowest BCUT2D eigenvalue weighted by Crippen LogP contribution is -2.31. The van der Waals surface area contributed by atoms with Crippen LogP contribution in [0.1, 0.15) is 69.2 Å². The molecule has 0 saturated heterocycles. The molecule has 4 aromatic heterocycles. The first-order valence-electron chi connectivity index (χ1n) is 13.9. The van der Waals surface area contributed by atoms with Crippen molar-refractivity contribution in [3.63, 3.8) is 0 Å². The van der Waals surface area contributed by atoms with Gasteiger partial charge in [0.2, 0.25) is 5.95 Å². The maximum absolute atomic E-state index is 14.2. The number of tetrazole rings is 1. The van der Waals surface area contributed by atoms with Crippen LogP contribution in [0.3, 0.4) is 0 Å². The van der Waals surface area contributed by atoms with Gasteiger partial charge in [0.1, 0.15) is 12.2 Å². The van der Waals surface area contributed by atoms with E-state index in [4.69, 9.17) is 14.7 Å². The number of rotatable bonds is 11. The lowest BCUT2D eigenvalue weighted by molar-refractivity contribution is 0.337. The van der Waals surface area contributed by atoms with E-state index in [1.165, 1.54) is 4.57 Å². The largest absolute Gasteiger partial charge is 0.491 e. The van der Waals surface area contributed by atoms with Crippen LogP contribution >= 0.6 is 0 Å². The third kappa shape index (κ3) is 6.03. The number of benzene rings is 1. The van der Waals surface area contributed by atoms with Gasteiger partial charge < -0.3 is 4.74 Å². The molecule has 4 heterocycles. The lowest BCUT2D eigenvalue weighted by atomic mass is 10.0. The molecule has 11 heteroatoms. The second-order valence-electron chi connectivity index (χ2n) is 9.91. The fraction of sp³-hybridized carbons (Fsp3) is 0.333. The summed E-state index contributed by atoms with van der Waals surface area (Å²) in [6.07, 6.45) is 7.66. The zero-order valence-corrected chi connectivity index (χ0v) is 23.7. The molecule has 0 atom stereocenters. The van der Waals surface area contributed by atoms with E-state index in [0.717, 1.165) is 41.2 Å². The minimum Gasteiger partial charge on any atom is -0.491 e. The van der Waals surface area contributed by atoms with Gasteiger partial charge in [0.15, 0.2) is 5.75 Å². The molecule has 0 aliphatic rings. The van der Waals surface area contributed by atoms with Crippen LogP contribution in [-0.2, 0) is 12.8 Å². The second kappa shape index (κ2) is 12.6. The highest BCUT2D eigenvalue weighted by atomic mass is 16.5. The van der Waals surface area contributed by atoms with Gasteiger partial charge in [-0.1, -0.05) is 51.5 Å². The molecule has 5 rings (SSSR count). The molecule has 0 fully saturated rings. The summed E-state index contributed by atoms with van der Waals surface area (Å²) >= 11 is 0. The molecule has 0 bridgehead atoms. The van der Waals surface area contributed by atoms with Crippen LogP contribution in [0.4, 0.5) is 0 Å². The van der Waals surface area contributed by atoms with Crippen LogP contribution in [0.25, 0.3) is 22.9 Å². The first kappa shape index (κ1) is 27.8. The minimum absolute atomic E-state index is 0.0171. The van der Waals surface area contributed by atoms with E-state index in [0.29, 0.717) is 36.6 Å². The number of aryl methyl sites for hydroxylation is 1. The highest BCUT2D eigenvalue weighted by Crippen LogP contribution is 2.25. The predicted octanol–water partition coefficient (Wildman–Crippen LogP) is 4.52. The molecule has 0 N–H and O–H groups in total. The van der Waals surface area contributed by atoms with Gasteiger partial charge in [-0.15, -0.1) is 5.10 Å². The van der Waals surface area contributed by atoms with Crippen LogP contribution in [0.5, 0.6) is 5.75 Å². The van der Waals surface area contributed by atoms with E-state index in [1.54, 1.807) is 23.4 Å². The smallest absolute Gasteiger partial charge is 0.264 e. The molecule has 0 aliphatic carbocycles. The fourth-order valence-electron chi connectivity index (χ4n) is 4.66. The Hall–Kier alpha value is -4.80. The van der Waals surface area contributed by atoms with Crippen molar-refractivity contribution < 1.29 is 4.74 Å². The SMILES string of the molecule is CCCCc1nc(C(C)C)n(-c2ncc(OCC)cn2)c(=O)c1Cc1cccc(-c2ccccc2-n2cnnn2)n1. The van der Waals surface area contributed by atoms with Crippen LogP contribution in [0.2, 0.25) is 0 Å². The molecule has 5 aromatic rings. The van der Waals surface area contributed by atoms with Crippen LogP contribution < -0.4 is 10.3 Å². The van der Waals surface area contributed by atoms with E-state index in [9.17, 15) is 4.79 Å². The van der Waals surface area contributed by atoms with Crippen molar-refractivity contribution in [3.05, 3.63) is 94.3 Å². The Morgan fingerprint density at radius 2 is 1.78 bits per heavy atom. The highest BCUT2D eigenvalue weighted by molar-refractivity contribution is 5.69. The van der Waals surface area contributed by atoms with Crippen molar-refractivity contribution in [2.24, 2.45) is 0 Å². The average Bonchev–Trinajstić information content (AvgIpc) is 3.53. The Labute approximate surface area is 238 Å². The Bertz CT molecular complexity index is 1660. The molecule has 0 spiro atoms. The summed E-state index contributed by atoms with van der Waals surface area (Å²) in [7, 11) is 0. The minimum atomic E-state index is -0.180. The monoisotopic (exact) mass is 551 g/mol. The van der Waals surface area contributed by atoms with Gasteiger partial charge in [-0.05, 0) is 48.4 Å². The summed E-state index contributed by atoms with van der Waals surface area (Å²) in [6, 6.07) is 13.6. The van der Waals surface area contributed by atoms with Gasteiger partial charge in [-0.25, -0.2) is 19.5 Å². The van der Waals surface area contributed by atoms with Crippen molar-refractivity contribution in [1.29, 1.82) is 0 Å². The Morgan fingerprint density at radius 1 is 0.976 bits per heavy atom. The number of para-hydroxylation sites is 1. The van der Waals surface area contributed by atoms with Crippen LogP contribution in [0.15, 0.2) is 66.0 Å². The summed E-state index contributed by atoms with van der Waals surface area (Å²) in [4.78, 5) is 33.1. The average molecular weight is 552 g/mol. The summed E-state index contributed by atoms with van der Waals surface area (Å²) in [5, 5.41) is 11.6. The first-order valence-corrected chi connectivity index (χ1v) is 13.9. The van der Waals surface area contributed by atoms with E-state index in [-0.39, 0.29) is 17.4 Å². The number of pyridine rings is 1. The van der Waals surface area contributed by atoms with Crippen molar-refractivity contribution in [2.75, 3.05) is 6.61 Å². The molecular formula is C30H33N9O2. The zero-order valence-electron chi connectivity index (χ0n) is 23.7. The van der Waals surface area contributed by atoms with Gasteiger partial charge in [-0.2, -0.15) is 4.68 Å². The van der Waals surface area contributed by atoms with Crippen molar-refractivity contribution in [3.8, 4) is 28.6 Å². The Kier molecular flexibility index (Phi) is 8.52. The van der Waals surface area contributed by atoms with Gasteiger partial charge in [0.25, 0.3) is 5.56 Å². The maximum atomic E-state index is 14.2. The summed E-state index contributed by atoms with van der Waals surface area (Å²) in [6.45, 7) is 8.57. The number of aromatic nitrogens is 9. The van der Waals surface area contributed by atoms with Crippen LogP contribution in [-0.4, -0.2) is 51.3 Å². The zero-order chi connectivity index (χ0) is 28.8. The van der Waals surface area contributed by atoms with E-state index in [2.05, 4.69) is 32.4 Å². The third-order valence-corrected chi connectivity index (χ3v) is 6.64.